The molecule has 0 aromatic rings. The van der Waals surface area contributed by atoms with E-state index in [1.807, 2.05) is 0 Å². The van der Waals surface area contributed by atoms with Crippen molar-refractivity contribution in [3.05, 3.63) is 0 Å². The van der Waals surface area contributed by atoms with Gasteiger partial charge in [-0.15, -0.1) is 0 Å². The van der Waals surface area contributed by atoms with Crippen LogP contribution in [0.25, 0.3) is 0 Å². The van der Waals surface area contributed by atoms with Crippen molar-refractivity contribution in [2.45, 2.75) is 83.0 Å². The van der Waals surface area contributed by atoms with Crippen LogP contribution in [0.5, 0.6) is 0 Å². The molecule has 11 N–H and O–H groups in total. The topological polar surface area (TPSA) is 257 Å². The van der Waals surface area contributed by atoms with Gasteiger partial charge in [0.05, 0.1) is 12.5 Å². The standard InChI is InChI=1S/C21H38N6O8/c1-11(2)9-14(26-18(31)12(23)5-3-4-8-22)19(32)27-15(10-16(24)28)20(33)25-13(21(34)35)6-7-17(29)30/h11-15H,3-10,22-23H2,1-2H3,(H2,24,28)(H,25,33)(H,26,31)(H,27,32)(H,29,30)(H,34,35). The molecule has 4 amide bonds. The molecule has 0 aliphatic carbocycles. The van der Waals surface area contributed by atoms with Crippen molar-refractivity contribution in [1.82, 2.24) is 16.0 Å². The zero-order valence-corrected chi connectivity index (χ0v) is 20.1. The summed E-state index contributed by atoms with van der Waals surface area (Å²) in [7, 11) is 0. The van der Waals surface area contributed by atoms with Gasteiger partial charge in [-0.25, -0.2) is 4.79 Å². The van der Waals surface area contributed by atoms with Gasteiger partial charge >= 0.3 is 11.9 Å². The number of carboxylic acid groups (broad SMARTS) is 2. The van der Waals surface area contributed by atoms with Gasteiger partial charge in [-0.3, -0.25) is 24.0 Å². The molecule has 0 fully saturated rings. The third-order valence-electron chi connectivity index (χ3n) is 4.95. The monoisotopic (exact) mass is 502 g/mol. The van der Waals surface area contributed by atoms with Crippen LogP contribution in [0.2, 0.25) is 0 Å². The van der Waals surface area contributed by atoms with E-state index in [-0.39, 0.29) is 12.3 Å². The molecule has 0 heterocycles. The Morgan fingerprint density at radius 3 is 1.83 bits per heavy atom. The minimum atomic E-state index is -1.57. The highest BCUT2D eigenvalue weighted by atomic mass is 16.4. The van der Waals surface area contributed by atoms with Gasteiger partial charge in [-0.05, 0) is 38.1 Å². The summed E-state index contributed by atoms with van der Waals surface area (Å²) >= 11 is 0. The van der Waals surface area contributed by atoms with Crippen LogP contribution < -0.4 is 33.2 Å². The Morgan fingerprint density at radius 2 is 1.34 bits per heavy atom. The Balaban J connectivity index is 5.46. The Bertz CT molecular complexity index is 760. The number of hydrogen-bond acceptors (Lipinski definition) is 8. The second-order valence-corrected chi connectivity index (χ2v) is 8.65. The van der Waals surface area contributed by atoms with E-state index >= 15 is 0 Å². The molecule has 0 radical (unpaired) electrons. The van der Waals surface area contributed by atoms with E-state index in [0.717, 1.165) is 0 Å². The number of nitrogens with one attached hydrogen (secondary N) is 3. The highest BCUT2D eigenvalue weighted by molar-refractivity contribution is 5.96. The van der Waals surface area contributed by atoms with Gasteiger partial charge < -0.3 is 43.4 Å². The Morgan fingerprint density at radius 1 is 0.800 bits per heavy atom. The average Bonchev–Trinajstić information content (AvgIpc) is 2.74. The number of unbranched alkanes of at least 4 members (excludes halogenated alkanes) is 1. The summed E-state index contributed by atoms with van der Waals surface area (Å²) in [6, 6.07) is -5.08. The van der Waals surface area contributed by atoms with E-state index in [2.05, 4.69) is 16.0 Å². The molecular weight excluding hydrogens is 464 g/mol. The van der Waals surface area contributed by atoms with E-state index in [1.165, 1.54) is 0 Å². The molecule has 0 aromatic carbocycles. The fourth-order valence-electron chi connectivity index (χ4n) is 3.10. The van der Waals surface area contributed by atoms with Crippen molar-refractivity contribution >= 4 is 35.6 Å². The maximum Gasteiger partial charge on any atom is 0.326 e. The van der Waals surface area contributed by atoms with Crippen LogP contribution in [-0.2, 0) is 28.8 Å². The number of aliphatic carboxylic acids is 2. The summed E-state index contributed by atoms with van der Waals surface area (Å²) in [6.07, 6.45) is 0.265. The minimum absolute atomic E-state index is 0.0460. The minimum Gasteiger partial charge on any atom is -0.481 e. The van der Waals surface area contributed by atoms with Crippen molar-refractivity contribution in [3.8, 4) is 0 Å². The number of primary amides is 1. The van der Waals surface area contributed by atoms with Crippen molar-refractivity contribution in [3.63, 3.8) is 0 Å². The first-order chi connectivity index (χ1) is 16.3. The number of carbonyl (C=O) groups is 6. The third-order valence-corrected chi connectivity index (χ3v) is 4.95. The van der Waals surface area contributed by atoms with Crippen molar-refractivity contribution in [1.29, 1.82) is 0 Å². The number of amides is 4. The zero-order chi connectivity index (χ0) is 27.1. The number of rotatable bonds is 18. The molecule has 14 heteroatoms. The van der Waals surface area contributed by atoms with Gasteiger partial charge in [-0.1, -0.05) is 20.3 Å². The van der Waals surface area contributed by atoms with Crippen LogP contribution in [0.4, 0.5) is 0 Å². The first-order valence-corrected chi connectivity index (χ1v) is 11.4. The predicted molar refractivity (Wildman–Crippen MR) is 124 cm³/mol. The molecule has 0 rings (SSSR count). The fourth-order valence-corrected chi connectivity index (χ4v) is 3.10. The van der Waals surface area contributed by atoms with Crippen LogP contribution in [0, 0.1) is 5.92 Å². The average molecular weight is 503 g/mol. The summed E-state index contributed by atoms with van der Waals surface area (Å²) < 4.78 is 0. The molecule has 0 spiro atoms. The van der Waals surface area contributed by atoms with E-state index < -0.39 is 79.0 Å². The van der Waals surface area contributed by atoms with Crippen LogP contribution in [0.15, 0.2) is 0 Å². The Labute approximate surface area is 203 Å². The molecule has 35 heavy (non-hydrogen) atoms. The summed E-state index contributed by atoms with van der Waals surface area (Å²) in [5.41, 5.74) is 16.5. The van der Waals surface area contributed by atoms with Gasteiger partial charge in [0.2, 0.25) is 23.6 Å². The molecule has 200 valence electrons. The molecule has 0 aliphatic heterocycles. The molecule has 0 saturated heterocycles. The van der Waals surface area contributed by atoms with Crippen molar-refractivity contribution < 1.29 is 39.0 Å². The smallest absolute Gasteiger partial charge is 0.326 e. The second kappa shape index (κ2) is 16.4. The summed E-state index contributed by atoms with van der Waals surface area (Å²) in [6.45, 7) is 4.07. The molecule has 4 unspecified atom stereocenters. The Hall–Kier alpha value is -3.26. The lowest BCUT2D eigenvalue weighted by molar-refractivity contribution is -0.143. The normalized spacial score (nSPS) is 14.3. The van der Waals surface area contributed by atoms with E-state index in [1.54, 1.807) is 13.8 Å². The molecule has 0 aliphatic rings. The number of carbonyl (C=O) groups excluding carboxylic acids is 4. The molecule has 14 nitrogen and oxygen atoms in total. The first kappa shape index (κ1) is 31.7. The van der Waals surface area contributed by atoms with Gasteiger partial charge in [-0.2, -0.15) is 0 Å². The predicted octanol–water partition coefficient (Wildman–Crippen LogP) is -2.23. The van der Waals surface area contributed by atoms with Gasteiger partial charge in [0, 0.05) is 6.42 Å². The highest BCUT2D eigenvalue weighted by Crippen LogP contribution is 2.08. The second-order valence-electron chi connectivity index (χ2n) is 8.65. The molecule has 0 aromatic heterocycles. The summed E-state index contributed by atoms with van der Waals surface area (Å²) in [4.78, 5) is 71.6. The lowest BCUT2D eigenvalue weighted by Crippen LogP contribution is -2.58. The zero-order valence-electron chi connectivity index (χ0n) is 20.1. The van der Waals surface area contributed by atoms with E-state index in [4.69, 9.17) is 22.3 Å². The number of nitrogens with two attached hydrogens (primary N) is 3. The quantitative estimate of drug-likeness (QED) is 0.0935. The lowest BCUT2D eigenvalue weighted by Gasteiger charge is -2.25. The molecule has 0 saturated carbocycles. The number of carboxylic acids is 2. The van der Waals surface area contributed by atoms with Gasteiger partial charge in [0.25, 0.3) is 0 Å². The van der Waals surface area contributed by atoms with Gasteiger partial charge in [0.15, 0.2) is 0 Å². The fraction of sp³-hybridized carbons (Fsp3) is 0.714. The first-order valence-electron chi connectivity index (χ1n) is 11.4. The largest absolute Gasteiger partial charge is 0.481 e. The van der Waals surface area contributed by atoms with E-state index in [9.17, 15) is 33.9 Å². The molecule has 0 bridgehead atoms. The third kappa shape index (κ3) is 13.9. The van der Waals surface area contributed by atoms with Crippen LogP contribution in [0.1, 0.15) is 58.8 Å². The van der Waals surface area contributed by atoms with Crippen LogP contribution in [0.3, 0.4) is 0 Å². The van der Waals surface area contributed by atoms with Crippen LogP contribution >= 0.6 is 0 Å². The van der Waals surface area contributed by atoms with Crippen LogP contribution in [-0.4, -0.2) is 76.5 Å². The molecular formula is C21H38N6O8. The van der Waals surface area contributed by atoms with E-state index in [0.29, 0.717) is 25.8 Å². The summed E-state index contributed by atoms with van der Waals surface area (Å²) in [5, 5.41) is 25.0. The van der Waals surface area contributed by atoms with Crippen molar-refractivity contribution in [2.75, 3.05) is 6.54 Å². The summed E-state index contributed by atoms with van der Waals surface area (Å²) in [5.74, 6) is -6.15. The van der Waals surface area contributed by atoms with Gasteiger partial charge in [0.1, 0.15) is 18.1 Å². The molecule has 4 atom stereocenters. The highest BCUT2D eigenvalue weighted by Gasteiger charge is 2.31. The maximum absolute atomic E-state index is 12.9. The Kier molecular flexibility index (Phi) is 14.9. The van der Waals surface area contributed by atoms with Crippen molar-refractivity contribution in [2.24, 2.45) is 23.1 Å². The number of hydrogen-bond donors (Lipinski definition) is 8. The SMILES string of the molecule is CC(C)CC(NC(=O)C(N)CCCCN)C(=O)NC(CC(N)=O)C(=O)NC(CCC(=O)O)C(=O)O. The lowest BCUT2D eigenvalue weighted by atomic mass is 10.0. The maximum atomic E-state index is 12.9.